The number of aromatic nitrogens is 4. The minimum absolute atomic E-state index is 0. The molecule has 0 radical (unpaired) electrons. The number of hydrogen-bond acceptors (Lipinski definition) is 12. The number of carbonyl (C=O) groups excluding carboxylic acids is 2. The Bertz CT molecular complexity index is 1920. The van der Waals surface area contributed by atoms with Crippen molar-refractivity contribution in [3.63, 3.8) is 0 Å². The molecule has 0 aliphatic heterocycles. The number of methoxy groups -OCH3 is 1. The molecular weight excluding hydrogens is 579 g/mol. The van der Waals surface area contributed by atoms with Gasteiger partial charge in [-0.3, -0.25) is 0 Å². The zero-order valence-corrected chi connectivity index (χ0v) is 25.3. The summed E-state index contributed by atoms with van der Waals surface area (Å²) in [4.78, 5) is 38.3. The van der Waals surface area contributed by atoms with Gasteiger partial charge in [0.15, 0.2) is 0 Å². The van der Waals surface area contributed by atoms with Gasteiger partial charge in [-0.05, 0) is 58.3 Å². The third-order valence-electron chi connectivity index (χ3n) is 6.73. The fourth-order valence-electron chi connectivity index (χ4n) is 4.40. The van der Waals surface area contributed by atoms with E-state index in [1.54, 1.807) is 42.9 Å². The molecule has 7 N–H and O–H groups in total. The van der Waals surface area contributed by atoms with Crippen LogP contribution >= 0.6 is 0 Å². The zero-order valence-electron chi connectivity index (χ0n) is 25.3. The first kappa shape index (κ1) is 34.9. The second-order valence-electron chi connectivity index (χ2n) is 9.67. The number of carbonyl (C=O) groups is 1. The molecule has 6 aromatic rings. The van der Waals surface area contributed by atoms with Crippen molar-refractivity contribution < 1.29 is 38.7 Å². The van der Waals surface area contributed by atoms with Crippen LogP contribution < -0.4 is 41.0 Å². The van der Waals surface area contributed by atoms with Crippen LogP contribution in [-0.4, -0.2) is 44.8 Å². The first-order chi connectivity index (χ1) is 21.4. The summed E-state index contributed by atoms with van der Waals surface area (Å²) in [6, 6.07) is 22.8. The summed E-state index contributed by atoms with van der Waals surface area (Å²) >= 11 is 0. The quantitative estimate of drug-likeness (QED) is 0.111. The van der Waals surface area contributed by atoms with Crippen LogP contribution in [0.3, 0.4) is 0 Å². The number of fused-ring (bicyclic) bond motifs is 2. The average molecular weight is 610 g/mol. The van der Waals surface area contributed by atoms with E-state index in [-0.39, 0.29) is 24.3 Å². The Kier molecular flexibility index (Phi) is 12.5. The Labute approximate surface area is 277 Å². The van der Waals surface area contributed by atoms with Crippen LogP contribution in [0.2, 0.25) is 0 Å². The molecule has 0 bridgehead atoms. The summed E-state index contributed by atoms with van der Waals surface area (Å²) in [5, 5.41) is 10.4. The molecule has 0 spiro atoms. The van der Waals surface area contributed by atoms with Gasteiger partial charge in [0, 0.05) is 42.5 Å². The SMILES string of the molecule is COC(=O)c1ccc(NCc2ccc3c(N)nccc3c2)nc1.Nc1nccc2cc(CNc3ccc([C-]=O)cn3)ccc12.[Li+].[OH-]. The van der Waals surface area contributed by atoms with Crippen molar-refractivity contribution in [1.29, 1.82) is 0 Å². The molecule has 0 aliphatic carbocycles. The summed E-state index contributed by atoms with van der Waals surface area (Å²) < 4.78 is 4.64. The van der Waals surface area contributed by atoms with Crippen molar-refractivity contribution in [2.24, 2.45) is 0 Å². The molecule has 4 aromatic heterocycles. The second-order valence-corrected chi connectivity index (χ2v) is 9.67. The molecule has 228 valence electrons. The van der Waals surface area contributed by atoms with Crippen LogP contribution in [0.5, 0.6) is 0 Å². The van der Waals surface area contributed by atoms with Crippen LogP contribution in [0.1, 0.15) is 27.0 Å². The van der Waals surface area contributed by atoms with Crippen LogP contribution in [0, 0.1) is 0 Å². The summed E-state index contributed by atoms with van der Waals surface area (Å²) in [5.41, 5.74) is 14.8. The molecule has 13 heteroatoms. The first-order valence-electron chi connectivity index (χ1n) is 13.6. The summed E-state index contributed by atoms with van der Waals surface area (Å²) in [7, 11) is 1.34. The van der Waals surface area contributed by atoms with Gasteiger partial charge in [-0.2, -0.15) is 6.07 Å². The number of anilines is 4. The van der Waals surface area contributed by atoms with Crippen LogP contribution in [-0.2, 0) is 22.6 Å². The van der Waals surface area contributed by atoms with Gasteiger partial charge < -0.3 is 42.1 Å². The van der Waals surface area contributed by atoms with Gasteiger partial charge in [-0.15, -0.1) is 5.56 Å². The fraction of sp³-hybridized carbons (Fsp3) is 0.0909. The normalized spacial score (nSPS) is 10.0. The first-order valence-corrected chi connectivity index (χ1v) is 13.6. The molecule has 0 amide bonds. The van der Waals surface area contributed by atoms with E-state index in [1.165, 1.54) is 19.5 Å². The Hall–Kier alpha value is -5.54. The molecule has 2 aromatic carbocycles. The topological polar surface area (TPSA) is 201 Å². The minimum Gasteiger partial charge on any atom is -0.870 e. The molecule has 0 fully saturated rings. The standard InChI is InChI=1S/C17H16N4O2.C16H13N4O.Li.H2O/c1-23-17(22)13-3-5-15(21-10-13)20-9-11-2-4-14-12(8-11)6-7-19-16(14)18;17-16-14-3-1-11(7-13(14)5-6-18-16)8-19-15-4-2-12(10-21)9-20-15;;/h2-8,10H,9H2,1H3,(H2,18,19)(H,20,21);1-7,9H,8H2,(H2,17,18)(H,19,20);;1H2/q;-1;+1;/p-1. The molecule has 4 heterocycles. The molecule has 12 nitrogen and oxygen atoms in total. The predicted molar refractivity (Wildman–Crippen MR) is 174 cm³/mol. The van der Waals surface area contributed by atoms with Crippen molar-refractivity contribution in [3.05, 3.63) is 120 Å². The van der Waals surface area contributed by atoms with E-state index >= 15 is 0 Å². The van der Waals surface area contributed by atoms with Gasteiger partial charge in [0.2, 0.25) is 0 Å². The van der Waals surface area contributed by atoms with Gasteiger partial charge in [0.05, 0.1) is 19.0 Å². The molecule has 0 atom stereocenters. The number of rotatable bonds is 8. The van der Waals surface area contributed by atoms with E-state index in [0.717, 1.165) is 32.7 Å². The van der Waals surface area contributed by atoms with Gasteiger partial charge in [-0.25, -0.2) is 19.7 Å². The number of nitrogens with one attached hydrogen (secondary N) is 2. The molecule has 46 heavy (non-hydrogen) atoms. The van der Waals surface area contributed by atoms with E-state index in [4.69, 9.17) is 11.5 Å². The molecule has 0 saturated carbocycles. The number of nitrogen functional groups attached to an aromatic ring is 2. The van der Waals surface area contributed by atoms with Crippen LogP contribution in [0.4, 0.5) is 23.3 Å². The van der Waals surface area contributed by atoms with E-state index in [9.17, 15) is 9.59 Å². The van der Waals surface area contributed by atoms with E-state index in [2.05, 4.69) is 47.4 Å². The van der Waals surface area contributed by atoms with Crippen LogP contribution in [0.15, 0.2) is 97.6 Å². The van der Waals surface area contributed by atoms with E-state index < -0.39 is 5.97 Å². The zero-order chi connectivity index (χ0) is 30.9. The number of nitrogens with two attached hydrogens (primary N) is 2. The van der Waals surface area contributed by atoms with Gasteiger partial charge in [0.1, 0.15) is 23.3 Å². The number of hydrogen-bond donors (Lipinski definition) is 4. The molecular formula is C33H30LiN8O4-. The van der Waals surface area contributed by atoms with Crippen LogP contribution in [0.25, 0.3) is 21.5 Å². The van der Waals surface area contributed by atoms with Gasteiger partial charge >= 0.3 is 24.8 Å². The summed E-state index contributed by atoms with van der Waals surface area (Å²) in [6.07, 6.45) is 8.17. The van der Waals surface area contributed by atoms with Crippen molar-refractivity contribution in [2.75, 3.05) is 29.2 Å². The van der Waals surface area contributed by atoms with Crippen molar-refractivity contribution in [1.82, 2.24) is 19.9 Å². The Morgan fingerprint density at radius 1 is 0.739 bits per heavy atom. The van der Waals surface area contributed by atoms with E-state index in [1.807, 2.05) is 36.4 Å². The number of benzene rings is 2. The maximum Gasteiger partial charge on any atom is 1.00 e. The van der Waals surface area contributed by atoms with E-state index in [0.29, 0.717) is 47.5 Å². The third-order valence-corrected chi connectivity index (χ3v) is 6.73. The fourth-order valence-corrected chi connectivity index (χ4v) is 4.40. The maximum absolute atomic E-state index is 11.4. The van der Waals surface area contributed by atoms with Crippen molar-refractivity contribution >= 4 is 57.1 Å². The monoisotopic (exact) mass is 609 g/mol. The number of esters is 1. The molecule has 0 unspecified atom stereocenters. The number of pyridine rings is 4. The predicted octanol–water partition coefficient (Wildman–Crippen LogP) is 1.72. The molecule has 0 saturated heterocycles. The Balaban J connectivity index is 0.000000241. The molecule has 0 aliphatic rings. The minimum atomic E-state index is -0.398. The third kappa shape index (κ3) is 8.77. The second kappa shape index (κ2) is 16.5. The largest absolute Gasteiger partial charge is 1.00 e. The molecule has 6 rings (SSSR count). The van der Waals surface area contributed by atoms with Crippen molar-refractivity contribution in [2.45, 2.75) is 13.1 Å². The number of nitrogens with zero attached hydrogens (tertiary/aromatic N) is 4. The maximum atomic E-state index is 11.4. The van der Waals surface area contributed by atoms with Gasteiger partial charge in [0.25, 0.3) is 0 Å². The Morgan fingerprint density at radius 3 is 1.70 bits per heavy atom. The average Bonchev–Trinajstić information content (AvgIpc) is 3.07. The Morgan fingerprint density at radius 2 is 1.26 bits per heavy atom. The number of ether oxygens (including phenoxy) is 1. The summed E-state index contributed by atoms with van der Waals surface area (Å²) in [5.74, 6) is 2.07. The summed E-state index contributed by atoms with van der Waals surface area (Å²) in [6.45, 7) is 1.25. The van der Waals surface area contributed by atoms with Crippen molar-refractivity contribution in [3.8, 4) is 0 Å². The van der Waals surface area contributed by atoms with Gasteiger partial charge in [-0.1, -0.05) is 36.5 Å². The smallest absolute Gasteiger partial charge is 0.870 e.